The van der Waals surface area contributed by atoms with Crippen molar-refractivity contribution in [2.75, 3.05) is 6.61 Å². The van der Waals surface area contributed by atoms with E-state index in [1.165, 1.54) is 11.1 Å². The Bertz CT molecular complexity index is 647. The van der Waals surface area contributed by atoms with E-state index in [1.54, 1.807) is 0 Å². The normalized spacial score (nSPS) is 30.5. The van der Waals surface area contributed by atoms with Crippen molar-refractivity contribution in [1.29, 1.82) is 0 Å². The second-order valence-corrected chi connectivity index (χ2v) is 8.31. The molecule has 0 radical (unpaired) electrons. The van der Waals surface area contributed by atoms with Gasteiger partial charge in [0.1, 0.15) is 11.5 Å². The molecule has 0 heterocycles. The third-order valence-electron chi connectivity index (χ3n) is 6.61. The largest absolute Gasteiger partial charge is 0.508 e. The summed E-state index contributed by atoms with van der Waals surface area (Å²) in [5.74, 6) is 0.916. The number of aliphatic hydroxyl groups excluding tert-OH is 1. The number of benzene rings is 1. The van der Waals surface area contributed by atoms with Crippen LogP contribution in [0.15, 0.2) is 12.1 Å². The SMILES string of the molecule is C[C@H](CO)c1cc2c(cc1O)[C@@]1(C)CCC(=O)C(C)(C)[C@@H]1CC2. The van der Waals surface area contributed by atoms with Gasteiger partial charge in [0.25, 0.3) is 0 Å². The quantitative estimate of drug-likeness (QED) is 0.874. The van der Waals surface area contributed by atoms with Crippen molar-refractivity contribution < 1.29 is 15.0 Å². The summed E-state index contributed by atoms with van der Waals surface area (Å²) in [7, 11) is 0. The maximum atomic E-state index is 12.4. The molecule has 126 valence electrons. The Morgan fingerprint density at radius 1 is 1.26 bits per heavy atom. The topological polar surface area (TPSA) is 57.5 Å². The van der Waals surface area contributed by atoms with E-state index in [4.69, 9.17) is 0 Å². The molecule has 2 aliphatic carbocycles. The number of aromatic hydroxyl groups is 1. The van der Waals surface area contributed by atoms with Crippen LogP contribution in [-0.4, -0.2) is 22.6 Å². The fourth-order valence-electron chi connectivity index (χ4n) is 5.05. The maximum absolute atomic E-state index is 12.4. The number of phenolic OH excluding ortho intramolecular Hbond substituents is 1. The smallest absolute Gasteiger partial charge is 0.138 e. The third-order valence-corrected chi connectivity index (χ3v) is 6.61. The fraction of sp³-hybridized carbons (Fsp3) is 0.650. The average molecular weight is 316 g/mol. The molecule has 0 amide bonds. The van der Waals surface area contributed by atoms with Gasteiger partial charge in [-0.1, -0.05) is 33.8 Å². The van der Waals surface area contributed by atoms with Crippen LogP contribution in [0.25, 0.3) is 0 Å². The minimum atomic E-state index is -0.294. The summed E-state index contributed by atoms with van der Waals surface area (Å²) < 4.78 is 0. The molecule has 0 saturated heterocycles. The number of ketones is 1. The van der Waals surface area contributed by atoms with E-state index in [2.05, 4.69) is 26.8 Å². The van der Waals surface area contributed by atoms with Crippen molar-refractivity contribution in [2.45, 2.75) is 64.7 Å². The van der Waals surface area contributed by atoms with E-state index in [-0.39, 0.29) is 29.1 Å². The summed E-state index contributed by atoms with van der Waals surface area (Å²) in [4.78, 5) is 12.4. The first kappa shape index (κ1) is 16.5. The van der Waals surface area contributed by atoms with Crippen LogP contribution in [0.4, 0.5) is 0 Å². The zero-order chi connectivity index (χ0) is 17.0. The number of hydrogen-bond donors (Lipinski definition) is 2. The van der Waals surface area contributed by atoms with Crippen LogP contribution in [0.1, 0.15) is 69.6 Å². The molecule has 0 bridgehead atoms. The molecule has 1 aromatic carbocycles. The molecule has 1 aromatic rings. The lowest BCUT2D eigenvalue weighted by Gasteiger charge is -2.53. The molecule has 1 saturated carbocycles. The molecular formula is C20H28O3. The molecule has 3 rings (SSSR count). The molecule has 23 heavy (non-hydrogen) atoms. The minimum absolute atomic E-state index is 0.0355. The van der Waals surface area contributed by atoms with Gasteiger partial charge in [0.05, 0.1) is 0 Å². The lowest BCUT2D eigenvalue weighted by molar-refractivity contribution is -0.137. The molecule has 3 atom stereocenters. The van der Waals surface area contributed by atoms with Crippen molar-refractivity contribution >= 4 is 5.78 Å². The highest BCUT2D eigenvalue weighted by atomic mass is 16.3. The number of carbonyl (C=O) groups excluding carboxylic acids is 1. The summed E-state index contributed by atoms with van der Waals surface area (Å²) in [5.41, 5.74) is 2.98. The highest BCUT2D eigenvalue weighted by Crippen LogP contribution is 2.56. The summed E-state index contributed by atoms with van der Waals surface area (Å²) in [6.45, 7) is 8.40. The summed E-state index contributed by atoms with van der Waals surface area (Å²) >= 11 is 0. The first-order valence-corrected chi connectivity index (χ1v) is 8.72. The van der Waals surface area contributed by atoms with Crippen LogP contribution in [0.2, 0.25) is 0 Å². The number of carbonyl (C=O) groups is 1. The second-order valence-electron chi connectivity index (χ2n) is 8.31. The third kappa shape index (κ3) is 2.32. The molecule has 3 heteroatoms. The van der Waals surface area contributed by atoms with Crippen molar-refractivity contribution in [3.63, 3.8) is 0 Å². The number of Topliss-reactive ketones (excluding diaryl/α,β-unsaturated/α-hetero) is 1. The maximum Gasteiger partial charge on any atom is 0.138 e. The van der Waals surface area contributed by atoms with Gasteiger partial charge >= 0.3 is 0 Å². The molecule has 3 nitrogen and oxygen atoms in total. The monoisotopic (exact) mass is 316 g/mol. The van der Waals surface area contributed by atoms with Gasteiger partial charge in [-0.2, -0.15) is 0 Å². The Hall–Kier alpha value is -1.35. The van der Waals surface area contributed by atoms with E-state index >= 15 is 0 Å². The number of phenols is 1. The van der Waals surface area contributed by atoms with Crippen LogP contribution >= 0.6 is 0 Å². The molecule has 0 unspecified atom stereocenters. The van der Waals surface area contributed by atoms with Gasteiger partial charge in [-0.3, -0.25) is 4.79 Å². The van der Waals surface area contributed by atoms with Gasteiger partial charge in [-0.25, -0.2) is 0 Å². The van der Waals surface area contributed by atoms with E-state index in [0.717, 1.165) is 24.8 Å². The van der Waals surface area contributed by atoms with Crippen LogP contribution in [0.3, 0.4) is 0 Å². The Balaban J connectivity index is 2.11. The van der Waals surface area contributed by atoms with Gasteiger partial charge in [-0.15, -0.1) is 0 Å². The van der Waals surface area contributed by atoms with E-state index in [0.29, 0.717) is 18.1 Å². The number of rotatable bonds is 2. The van der Waals surface area contributed by atoms with E-state index < -0.39 is 0 Å². The van der Waals surface area contributed by atoms with Crippen molar-refractivity contribution in [3.05, 3.63) is 28.8 Å². The van der Waals surface area contributed by atoms with Gasteiger partial charge in [-0.05, 0) is 53.4 Å². The molecular weight excluding hydrogens is 288 g/mol. The Morgan fingerprint density at radius 2 is 1.96 bits per heavy atom. The molecule has 2 N–H and O–H groups in total. The highest BCUT2D eigenvalue weighted by molar-refractivity contribution is 5.86. The standard InChI is InChI=1S/C20H28O3/c1-12(11-21)14-9-13-5-6-17-19(2,3)18(23)7-8-20(17,4)15(13)10-16(14)22/h9-10,12,17,21-22H,5-8,11H2,1-4H3/t12-,17+,20-/m1/s1. The molecule has 2 aliphatic rings. The number of aryl methyl sites for hydroxylation is 1. The van der Waals surface area contributed by atoms with Crippen LogP contribution < -0.4 is 0 Å². The van der Waals surface area contributed by atoms with Gasteiger partial charge in [0.2, 0.25) is 0 Å². The fourth-order valence-corrected chi connectivity index (χ4v) is 5.05. The Morgan fingerprint density at radius 3 is 2.61 bits per heavy atom. The van der Waals surface area contributed by atoms with Gasteiger partial charge in [0.15, 0.2) is 0 Å². The predicted molar refractivity (Wildman–Crippen MR) is 90.8 cm³/mol. The van der Waals surface area contributed by atoms with Crippen LogP contribution in [0.5, 0.6) is 5.75 Å². The highest BCUT2D eigenvalue weighted by Gasteiger charge is 2.53. The summed E-state index contributed by atoms with van der Waals surface area (Å²) in [6, 6.07) is 3.99. The number of fused-ring (bicyclic) bond motifs is 3. The van der Waals surface area contributed by atoms with Crippen LogP contribution in [-0.2, 0) is 16.6 Å². The van der Waals surface area contributed by atoms with Crippen LogP contribution in [0, 0.1) is 11.3 Å². The first-order chi connectivity index (χ1) is 10.7. The van der Waals surface area contributed by atoms with E-state index in [9.17, 15) is 15.0 Å². The zero-order valence-electron chi connectivity index (χ0n) is 14.6. The second kappa shape index (κ2) is 5.34. The van der Waals surface area contributed by atoms with Gasteiger partial charge < -0.3 is 10.2 Å². The lowest BCUT2D eigenvalue weighted by atomic mass is 9.50. The zero-order valence-corrected chi connectivity index (χ0v) is 14.6. The number of hydrogen-bond acceptors (Lipinski definition) is 3. The average Bonchev–Trinajstić information content (AvgIpc) is 2.51. The number of aliphatic hydroxyl groups is 1. The molecule has 0 spiro atoms. The van der Waals surface area contributed by atoms with E-state index in [1.807, 2.05) is 13.0 Å². The molecule has 0 aromatic heterocycles. The van der Waals surface area contributed by atoms with Gasteiger partial charge in [0, 0.05) is 24.4 Å². The van der Waals surface area contributed by atoms with Crippen molar-refractivity contribution in [1.82, 2.24) is 0 Å². The minimum Gasteiger partial charge on any atom is -0.508 e. The summed E-state index contributed by atoms with van der Waals surface area (Å²) in [5, 5.41) is 19.9. The molecule has 1 fully saturated rings. The summed E-state index contributed by atoms with van der Waals surface area (Å²) in [6.07, 6.45) is 3.44. The lowest BCUT2D eigenvalue weighted by Crippen LogP contribution is -2.52. The predicted octanol–water partition coefficient (Wildman–Crippen LogP) is 3.70. The molecule has 0 aliphatic heterocycles. The van der Waals surface area contributed by atoms with Crippen molar-refractivity contribution in [3.8, 4) is 5.75 Å². The van der Waals surface area contributed by atoms with Crippen molar-refractivity contribution in [2.24, 2.45) is 11.3 Å². The Kier molecular flexibility index (Phi) is 3.83. The first-order valence-electron chi connectivity index (χ1n) is 8.72. The Labute approximate surface area is 138 Å².